The number of halogens is 1. The fourth-order valence-corrected chi connectivity index (χ4v) is 3.28. The lowest BCUT2D eigenvalue weighted by molar-refractivity contribution is 0.0955. The maximum absolute atomic E-state index is 13.4. The number of benzene rings is 2. The van der Waals surface area contributed by atoms with Gasteiger partial charge in [-0.3, -0.25) is 4.79 Å². The fourth-order valence-electron chi connectivity index (χ4n) is 2.45. The van der Waals surface area contributed by atoms with Gasteiger partial charge in [0.15, 0.2) is 0 Å². The fraction of sp³-hybridized carbons (Fsp3) is 0.105. The third-order valence-electron chi connectivity index (χ3n) is 3.69. The number of hydrogen-bond acceptors (Lipinski definition) is 3. The molecule has 0 bridgehead atoms. The molecule has 0 fully saturated rings. The van der Waals surface area contributed by atoms with Gasteiger partial charge in [-0.15, -0.1) is 11.3 Å². The Labute approximate surface area is 143 Å². The molecule has 0 aliphatic heterocycles. The minimum absolute atomic E-state index is 0.168. The molecule has 0 unspecified atom stereocenters. The topological polar surface area (TPSA) is 49.3 Å². The Morgan fingerprint density at radius 1 is 1.12 bits per heavy atom. The zero-order chi connectivity index (χ0) is 16.9. The van der Waals surface area contributed by atoms with Gasteiger partial charge in [-0.05, 0) is 34.7 Å². The average molecular weight is 341 g/mol. The molecule has 0 aliphatic rings. The van der Waals surface area contributed by atoms with Gasteiger partial charge >= 0.3 is 0 Å². The summed E-state index contributed by atoms with van der Waals surface area (Å²) >= 11 is 1.39. The van der Waals surface area contributed by atoms with Crippen LogP contribution in [0.1, 0.15) is 20.8 Å². The van der Waals surface area contributed by atoms with Crippen LogP contribution in [-0.4, -0.2) is 11.0 Å². The van der Waals surface area contributed by atoms with Crippen LogP contribution in [0.5, 0.6) is 0 Å². The molecule has 2 aromatic carbocycles. The van der Waals surface area contributed by atoms with E-state index in [-0.39, 0.29) is 24.6 Å². The minimum atomic E-state index is -0.447. The predicted octanol–water partition coefficient (Wildman–Crippen LogP) is 3.98. The molecule has 3 nitrogen and oxygen atoms in total. The van der Waals surface area contributed by atoms with Crippen LogP contribution in [-0.2, 0) is 13.2 Å². The first-order chi connectivity index (χ1) is 11.7. The summed E-state index contributed by atoms with van der Waals surface area (Å²) in [4.78, 5) is 13.1. The predicted molar refractivity (Wildman–Crippen MR) is 93.2 cm³/mol. The van der Waals surface area contributed by atoms with Gasteiger partial charge in [-0.2, -0.15) is 0 Å². The lowest BCUT2D eigenvalue weighted by atomic mass is 10.1. The molecule has 0 spiro atoms. The van der Waals surface area contributed by atoms with E-state index in [2.05, 4.69) is 5.32 Å². The van der Waals surface area contributed by atoms with E-state index >= 15 is 0 Å². The summed E-state index contributed by atoms with van der Waals surface area (Å²) in [7, 11) is 0. The summed E-state index contributed by atoms with van der Waals surface area (Å²) < 4.78 is 13.4. The Morgan fingerprint density at radius 2 is 1.92 bits per heavy atom. The molecule has 1 heterocycles. The largest absolute Gasteiger partial charge is 0.392 e. The number of aliphatic hydroxyl groups excluding tert-OH is 1. The summed E-state index contributed by atoms with van der Waals surface area (Å²) in [6.45, 7) is -0.0884. The van der Waals surface area contributed by atoms with E-state index in [4.69, 9.17) is 5.11 Å². The zero-order valence-electron chi connectivity index (χ0n) is 12.8. The molecule has 0 atom stereocenters. The molecule has 0 saturated carbocycles. The molecule has 122 valence electrons. The summed E-state index contributed by atoms with van der Waals surface area (Å²) in [6.07, 6.45) is 0. The lowest BCUT2D eigenvalue weighted by Crippen LogP contribution is -2.22. The average Bonchev–Trinajstić information content (AvgIpc) is 3.11. The van der Waals surface area contributed by atoms with Gasteiger partial charge in [-0.25, -0.2) is 4.39 Å². The minimum Gasteiger partial charge on any atom is -0.392 e. The van der Waals surface area contributed by atoms with Gasteiger partial charge in [-0.1, -0.05) is 36.4 Å². The van der Waals surface area contributed by atoms with Crippen LogP contribution in [0.2, 0.25) is 0 Å². The Morgan fingerprint density at radius 3 is 2.67 bits per heavy atom. The van der Waals surface area contributed by atoms with Crippen molar-refractivity contribution in [1.82, 2.24) is 5.32 Å². The molecular weight excluding hydrogens is 325 g/mol. The molecule has 2 N–H and O–H groups in total. The van der Waals surface area contributed by atoms with Gasteiger partial charge in [0, 0.05) is 17.7 Å². The number of nitrogens with one attached hydrogen (secondary N) is 1. The number of carbonyl (C=O) groups is 1. The lowest BCUT2D eigenvalue weighted by Gasteiger charge is -2.08. The summed E-state index contributed by atoms with van der Waals surface area (Å²) in [5, 5.41) is 13.8. The highest BCUT2D eigenvalue weighted by molar-refractivity contribution is 7.12. The standard InChI is InChI=1S/C19H16FNO2S/c20-17-7-6-13(10-15(17)12-22)11-21-19(23)18-16(8-9-24-18)14-4-2-1-3-5-14/h1-10,22H,11-12H2,(H,21,23). The number of aliphatic hydroxyl groups is 1. The van der Waals surface area contributed by atoms with Crippen molar-refractivity contribution >= 4 is 17.2 Å². The van der Waals surface area contributed by atoms with Crippen LogP contribution in [0.3, 0.4) is 0 Å². The molecule has 24 heavy (non-hydrogen) atoms. The van der Waals surface area contributed by atoms with Gasteiger partial charge in [0.25, 0.3) is 5.91 Å². The monoisotopic (exact) mass is 341 g/mol. The maximum atomic E-state index is 13.4. The van der Waals surface area contributed by atoms with Crippen molar-refractivity contribution in [3.63, 3.8) is 0 Å². The van der Waals surface area contributed by atoms with E-state index in [1.54, 1.807) is 12.1 Å². The molecule has 0 saturated heterocycles. The van der Waals surface area contributed by atoms with Gasteiger partial charge < -0.3 is 10.4 Å². The van der Waals surface area contributed by atoms with Gasteiger partial charge in [0.05, 0.1) is 11.5 Å². The highest BCUT2D eigenvalue weighted by atomic mass is 32.1. The van der Waals surface area contributed by atoms with Crippen LogP contribution >= 0.6 is 11.3 Å². The highest BCUT2D eigenvalue weighted by Gasteiger charge is 2.14. The molecule has 1 aromatic heterocycles. The molecule has 3 rings (SSSR count). The van der Waals surface area contributed by atoms with Gasteiger partial charge in [0.1, 0.15) is 5.82 Å². The third kappa shape index (κ3) is 3.53. The Kier molecular flexibility index (Phi) is 5.03. The van der Waals surface area contributed by atoms with E-state index in [1.165, 1.54) is 17.4 Å². The van der Waals surface area contributed by atoms with Crippen LogP contribution < -0.4 is 5.32 Å². The van der Waals surface area contributed by atoms with Crippen LogP contribution in [0, 0.1) is 5.82 Å². The Bertz CT molecular complexity index is 846. The SMILES string of the molecule is O=C(NCc1ccc(F)c(CO)c1)c1sccc1-c1ccccc1. The van der Waals surface area contributed by atoms with Crippen molar-refractivity contribution in [3.05, 3.63) is 81.8 Å². The van der Waals surface area contributed by atoms with E-state index < -0.39 is 5.82 Å². The molecule has 1 amide bonds. The molecule has 5 heteroatoms. The smallest absolute Gasteiger partial charge is 0.262 e. The molecular formula is C19H16FNO2S. The van der Waals surface area contributed by atoms with Crippen LogP contribution in [0.25, 0.3) is 11.1 Å². The van der Waals surface area contributed by atoms with Crippen molar-refractivity contribution < 1.29 is 14.3 Å². The van der Waals surface area contributed by atoms with Gasteiger partial charge in [0.2, 0.25) is 0 Å². The van der Waals surface area contributed by atoms with Crippen molar-refractivity contribution in [2.45, 2.75) is 13.2 Å². The molecule has 3 aromatic rings. The zero-order valence-corrected chi connectivity index (χ0v) is 13.6. The number of carbonyl (C=O) groups excluding carboxylic acids is 1. The quantitative estimate of drug-likeness (QED) is 0.737. The van der Waals surface area contributed by atoms with E-state index in [0.717, 1.165) is 16.7 Å². The van der Waals surface area contributed by atoms with E-state index in [1.807, 2.05) is 41.8 Å². The van der Waals surface area contributed by atoms with Crippen molar-refractivity contribution in [2.75, 3.05) is 0 Å². The summed E-state index contributed by atoms with van der Waals surface area (Å²) in [5.74, 6) is -0.615. The first-order valence-electron chi connectivity index (χ1n) is 7.48. The summed E-state index contributed by atoms with van der Waals surface area (Å²) in [5.41, 5.74) is 2.86. The normalized spacial score (nSPS) is 10.6. The second-order valence-corrected chi connectivity index (χ2v) is 6.21. The van der Waals surface area contributed by atoms with E-state index in [0.29, 0.717) is 4.88 Å². The molecule has 0 aliphatic carbocycles. The number of amides is 1. The number of rotatable bonds is 5. The van der Waals surface area contributed by atoms with Crippen molar-refractivity contribution in [2.24, 2.45) is 0 Å². The third-order valence-corrected chi connectivity index (χ3v) is 4.60. The van der Waals surface area contributed by atoms with Crippen LogP contribution in [0.15, 0.2) is 60.0 Å². The van der Waals surface area contributed by atoms with Crippen molar-refractivity contribution in [1.29, 1.82) is 0 Å². The highest BCUT2D eigenvalue weighted by Crippen LogP contribution is 2.28. The van der Waals surface area contributed by atoms with Crippen molar-refractivity contribution in [3.8, 4) is 11.1 Å². The second-order valence-electron chi connectivity index (χ2n) is 5.30. The number of hydrogen-bond donors (Lipinski definition) is 2. The summed E-state index contributed by atoms with van der Waals surface area (Å²) in [6, 6.07) is 16.1. The molecule has 0 radical (unpaired) electrons. The first kappa shape index (κ1) is 16.4. The van der Waals surface area contributed by atoms with E-state index in [9.17, 15) is 9.18 Å². The maximum Gasteiger partial charge on any atom is 0.262 e. The Balaban J connectivity index is 1.74. The first-order valence-corrected chi connectivity index (χ1v) is 8.36. The number of thiophene rings is 1. The van der Waals surface area contributed by atoms with Crippen LogP contribution in [0.4, 0.5) is 4.39 Å². The Hall–Kier alpha value is -2.50. The second kappa shape index (κ2) is 7.38.